The molecular formula is C15H13FN2O3. The van der Waals surface area contributed by atoms with E-state index in [4.69, 9.17) is 5.73 Å². The van der Waals surface area contributed by atoms with Crippen LogP contribution in [-0.2, 0) is 0 Å². The molecule has 0 saturated carbocycles. The number of benzene rings is 2. The van der Waals surface area contributed by atoms with Crippen molar-refractivity contribution >= 4 is 23.3 Å². The van der Waals surface area contributed by atoms with Crippen LogP contribution in [-0.4, -0.2) is 17.0 Å². The van der Waals surface area contributed by atoms with E-state index < -0.39 is 17.7 Å². The maximum absolute atomic E-state index is 13.7. The van der Waals surface area contributed by atoms with E-state index in [9.17, 15) is 19.1 Å². The van der Waals surface area contributed by atoms with Gasteiger partial charge in [-0.1, -0.05) is 12.1 Å². The Morgan fingerprint density at radius 2 is 1.95 bits per heavy atom. The molecule has 0 aliphatic rings. The maximum atomic E-state index is 13.7. The van der Waals surface area contributed by atoms with Gasteiger partial charge in [-0.05, 0) is 36.8 Å². The van der Waals surface area contributed by atoms with Crippen LogP contribution in [0.15, 0.2) is 36.4 Å². The van der Waals surface area contributed by atoms with Gasteiger partial charge in [0.1, 0.15) is 5.82 Å². The summed E-state index contributed by atoms with van der Waals surface area (Å²) in [6.07, 6.45) is 0. The second-order valence-corrected chi connectivity index (χ2v) is 4.50. The summed E-state index contributed by atoms with van der Waals surface area (Å²) in [7, 11) is 0. The molecule has 0 bridgehead atoms. The molecule has 4 N–H and O–H groups in total. The third-order valence-electron chi connectivity index (χ3n) is 2.97. The zero-order valence-electron chi connectivity index (χ0n) is 11.2. The fourth-order valence-corrected chi connectivity index (χ4v) is 1.96. The molecule has 0 aliphatic heterocycles. The molecule has 2 aromatic rings. The number of nitrogens with one attached hydrogen (secondary N) is 1. The van der Waals surface area contributed by atoms with Gasteiger partial charge < -0.3 is 16.2 Å². The third-order valence-corrected chi connectivity index (χ3v) is 2.97. The van der Waals surface area contributed by atoms with E-state index in [1.807, 2.05) is 0 Å². The highest BCUT2D eigenvalue weighted by Gasteiger charge is 2.17. The predicted octanol–water partition coefficient (Wildman–Crippen LogP) is 2.67. The molecule has 0 unspecified atom stereocenters. The molecule has 0 fully saturated rings. The Hall–Kier alpha value is -2.89. The van der Waals surface area contributed by atoms with Crippen LogP contribution < -0.4 is 11.1 Å². The van der Waals surface area contributed by atoms with Crippen molar-refractivity contribution in [3.63, 3.8) is 0 Å². The Kier molecular flexibility index (Phi) is 3.89. The Morgan fingerprint density at radius 3 is 2.57 bits per heavy atom. The molecule has 6 heteroatoms. The van der Waals surface area contributed by atoms with Crippen LogP contribution in [0.3, 0.4) is 0 Å². The molecule has 0 spiro atoms. The molecule has 108 valence electrons. The van der Waals surface area contributed by atoms with E-state index in [1.165, 1.54) is 18.2 Å². The maximum Gasteiger partial charge on any atom is 0.338 e. The molecule has 1 amide bonds. The SMILES string of the molecule is Cc1cccc(NC(=O)c2ccc(N)cc2F)c1C(=O)O. The summed E-state index contributed by atoms with van der Waals surface area (Å²) in [6.45, 7) is 1.61. The van der Waals surface area contributed by atoms with Crippen molar-refractivity contribution in [3.8, 4) is 0 Å². The van der Waals surface area contributed by atoms with Crippen LogP contribution >= 0.6 is 0 Å². The minimum atomic E-state index is -1.17. The van der Waals surface area contributed by atoms with Gasteiger partial charge in [-0.3, -0.25) is 4.79 Å². The van der Waals surface area contributed by atoms with Crippen LogP contribution in [0.1, 0.15) is 26.3 Å². The highest BCUT2D eigenvalue weighted by atomic mass is 19.1. The summed E-state index contributed by atoms with van der Waals surface area (Å²) in [4.78, 5) is 23.3. The third kappa shape index (κ3) is 3.00. The van der Waals surface area contributed by atoms with Crippen molar-refractivity contribution < 1.29 is 19.1 Å². The summed E-state index contributed by atoms with van der Waals surface area (Å²) in [5, 5.41) is 11.6. The van der Waals surface area contributed by atoms with E-state index in [2.05, 4.69) is 5.32 Å². The first-order chi connectivity index (χ1) is 9.90. The average molecular weight is 288 g/mol. The van der Waals surface area contributed by atoms with Gasteiger partial charge in [0, 0.05) is 5.69 Å². The molecule has 0 aliphatic carbocycles. The van der Waals surface area contributed by atoms with Gasteiger partial charge in [0.15, 0.2) is 0 Å². The second kappa shape index (κ2) is 5.62. The lowest BCUT2D eigenvalue weighted by Crippen LogP contribution is -2.17. The van der Waals surface area contributed by atoms with E-state index in [-0.39, 0.29) is 22.5 Å². The van der Waals surface area contributed by atoms with E-state index in [0.717, 1.165) is 6.07 Å². The van der Waals surface area contributed by atoms with Crippen LogP contribution in [0.4, 0.5) is 15.8 Å². The van der Waals surface area contributed by atoms with Crippen molar-refractivity contribution in [2.24, 2.45) is 0 Å². The van der Waals surface area contributed by atoms with E-state index in [1.54, 1.807) is 19.1 Å². The fraction of sp³-hybridized carbons (Fsp3) is 0.0667. The zero-order chi connectivity index (χ0) is 15.6. The number of nitrogen functional groups attached to an aromatic ring is 1. The van der Waals surface area contributed by atoms with E-state index >= 15 is 0 Å². The van der Waals surface area contributed by atoms with Gasteiger partial charge >= 0.3 is 5.97 Å². The molecule has 0 heterocycles. The highest BCUT2D eigenvalue weighted by Crippen LogP contribution is 2.21. The van der Waals surface area contributed by atoms with Gasteiger partial charge in [0.2, 0.25) is 0 Å². The minimum Gasteiger partial charge on any atom is -0.478 e. The predicted molar refractivity (Wildman–Crippen MR) is 76.9 cm³/mol. The number of hydrogen-bond acceptors (Lipinski definition) is 3. The van der Waals surface area contributed by atoms with Crippen LogP contribution in [0.5, 0.6) is 0 Å². The molecule has 0 atom stereocenters. The van der Waals surface area contributed by atoms with Crippen LogP contribution in [0.2, 0.25) is 0 Å². The molecule has 2 rings (SSSR count). The minimum absolute atomic E-state index is 0.0262. The van der Waals surface area contributed by atoms with Gasteiger partial charge in [0.25, 0.3) is 5.91 Å². The fourth-order valence-electron chi connectivity index (χ4n) is 1.96. The quantitative estimate of drug-likeness (QED) is 0.757. The van der Waals surface area contributed by atoms with E-state index in [0.29, 0.717) is 5.56 Å². The van der Waals surface area contributed by atoms with Crippen molar-refractivity contribution in [3.05, 3.63) is 58.9 Å². The molecular weight excluding hydrogens is 275 g/mol. The lowest BCUT2D eigenvalue weighted by atomic mass is 10.1. The van der Waals surface area contributed by atoms with Crippen LogP contribution in [0, 0.1) is 12.7 Å². The smallest absolute Gasteiger partial charge is 0.338 e. The van der Waals surface area contributed by atoms with Gasteiger partial charge in [-0.15, -0.1) is 0 Å². The number of nitrogens with two attached hydrogens (primary N) is 1. The second-order valence-electron chi connectivity index (χ2n) is 4.50. The molecule has 21 heavy (non-hydrogen) atoms. The number of rotatable bonds is 3. The first kappa shape index (κ1) is 14.5. The summed E-state index contributed by atoms with van der Waals surface area (Å²) in [5.74, 6) is -2.67. The van der Waals surface area contributed by atoms with Gasteiger partial charge in [-0.2, -0.15) is 0 Å². The largest absolute Gasteiger partial charge is 0.478 e. The number of carboxylic acid groups (broad SMARTS) is 1. The lowest BCUT2D eigenvalue weighted by Gasteiger charge is -2.11. The first-order valence-corrected chi connectivity index (χ1v) is 6.09. The highest BCUT2D eigenvalue weighted by molar-refractivity contribution is 6.08. The van der Waals surface area contributed by atoms with Crippen molar-refractivity contribution in [2.45, 2.75) is 6.92 Å². The van der Waals surface area contributed by atoms with Gasteiger partial charge in [-0.25, -0.2) is 9.18 Å². The standard InChI is InChI=1S/C15H13FN2O3/c1-8-3-2-4-12(13(8)15(20)21)18-14(19)10-6-5-9(17)7-11(10)16/h2-7H,17H2,1H3,(H,18,19)(H,20,21). The summed E-state index contributed by atoms with van der Waals surface area (Å²) in [6, 6.07) is 8.34. The zero-order valence-corrected chi connectivity index (χ0v) is 11.2. The monoisotopic (exact) mass is 288 g/mol. The molecule has 5 nitrogen and oxygen atoms in total. The number of aromatic carboxylic acids is 1. The first-order valence-electron chi connectivity index (χ1n) is 6.09. The van der Waals surface area contributed by atoms with Crippen molar-refractivity contribution in [1.82, 2.24) is 0 Å². The lowest BCUT2D eigenvalue weighted by molar-refractivity contribution is 0.0697. The normalized spacial score (nSPS) is 10.2. The number of amides is 1. The van der Waals surface area contributed by atoms with Crippen molar-refractivity contribution in [1.29, 1.82) is 0 Å². The molecule has 0 aromatic heterocycles. The number of carbonyl (C=O) groups excluding carboxylic acids is 1. The number of aryl methyl sites for hydroxylation is 1. The van der Waals surface area contributed by atoms with Crippen LogP contribution in [0.25, 0.3) is 0 Å². The van der Waals surface area contributed by atoms with Gasteiger partial charge in [0.05, 0.1) is 16.8 Å². The Bertz CT molecular complexity index is 729. The van der Waals surface area contributed by atoms with Crippen molar-refractivity contribution in [2.75, 3.05) is 11.1 Å². The Balaban J connectivity index is 2.36. The molecule has 0 saturated heterocycles. The molecule has 0 radical (unpaired) electrons. The number of hydrogen-bond donors (Lipinski definition) is 3. The summed E-state index contributed by atoms with van der Waals surface area (Å²) >= 11 is 0. The Labute approximate surface area is 120 Å². The number of anilines is 2. The molecule has 2 aromatic carbocycles. The summed E-state index contributed by atoms with van der Waals surface area (Å²) in [5.41, 5.74) is 5.99. The average Bonchev–Trinajstić information content (AvgIpc) is 2.37. The summed E-state index contributed by atoms with van der Waals surface area (Å²) < 4.78 is 13.7. The number of carbonyl (C=O) groups is 2. The number of carboxylic acids is 1. The topological polar surface area (TPSA) is 92.4 Å². The Morgan fingerprint density at radius 1 is 1.24 bits per heavy atom. The number of halogens is 1.